The van der Waals surface area contributed by atoms with E-state index >= 15 is 0 Å². The second kappa shape index (κ2) is 7.88. The highest BCUT2D eigenvalue weighted by Crippen LogP contribution is 2.19. The zero-order valence-corrected chi connectivity index (χ0v) is 14.8. The molecule has 6 heteroatoms. The molecule has 1 unspecified atom stereocenters. The van der Waals surface area contributed by atoms with Crippen molar-refractivity contribution in [3.05, 3.63) is 35.7 Å². The first-order chi connectivity index (χ1) is 11.6. The van der Waals surface area contributed by atoms with Gasteiger partial charge in [0, 0.05) is 50.7 Å². The van der Waals surface area contributed by atoms with Crippen molar-refractivity contribution < 1.29 is 4.52 Å². The highest BCUT2D eigenvalue weighted by atomic mass is 16.5. The van der Waals surface area contributed by atoms with E-state index < -0.39 is 0 Å². The van der Waals surface area contributed by atoms with Crippen LogP contribution in [-0.4, -0.2) is 66.3 Å². The fourth-order valence-electron chi connectivity index (χ4n) is 2.85. The number of piperazine rings is 1. The first-order valence-electron chi connectivity index (χ1n) is 8.64. The normalized spacial score (nSPS) is 18.0. The molecule has 0 saturated carbocycles. The Balaban J connectivity index is 1.60. The monoisotopic (exact) mass is 329 g/mol. The van der Waals surface area contributed by atoms with Crippen LogP contribution in [0, 0.1) is 0 Å². The molecule has 0 aliphatic carbocycles. The average Bonchev–Trinajstić information content (AvgIpc) is 3.06. The minimum Gasteiger partial charge on any atom is -0.334 e. The second-order valence-corrected chi connectivity index (χ2v) is 6.69. The summed E-state index contributed by atoms with van der Waals surface area (Å²) in [6.45, 7) is 7.66. The Labute approximate surface area is 143 Å². The summed E-state index contributed by atoms with van der Waals surface area (Å²) in [7, 11) is 4.12. The summed E-state index contributed by atoms with van der Waals surface area (Å²) in [5.41, 5.74) is 2.31. The summed E-state index contributed by atoms with van der Waals surface area (Å²) in [6, 6.07) is 8.80. The van der Waals surface area contributed by atoms with Gasteiger partial charge in [-0.2, -0.15) is 4.98 Å². The molecule has 2 heterocycles. The van der Waals surface area contributed by atoms with Gasteiger partial charge in [-0.1, -0.05) is 17.3 Å². The van der Waals surface area contributed by atoms with Crippen LogP contribution in [-0.2, 0) is 13.0 Å². The van der Waals surface area contributed by atoms with E-state index in [1.54, 1.807) is 0 Å². The third-order valence-electron chi connectivity index (χ3n) is 4.65. The van der Waals surface area contributed by atoms with Crippen LogP contribution in [0.4, 0.5) is 0 Å². The molecule has 2 aromatic rings. The molecular weight excluding hydrogens is 302 g/mol. The minimum atomic E-state index is 0.335. The van der Waals surface area contributed by atoms with Crippen LogP contribution in [0.25, 0.3) is 11.5 Å². The van der Waals surface area contributed by atoms with Gasteiger partial charge in [0.1, 0.15) is 0 Å². The summed E-state index contributed by atoms with van der Waals surface area (Å²) in [5, 5.41) is 7.25. The number of hydrogen-bond donors (Lipinski definition) is 1. The predicted octanol–water partition coefficient (Wildman–Crippen LogP) is 1.63. The number of nitrogens with one attached hydrogen (secondary N) is 1. The first-order valence-corrected chi connectivity index (χ1v) is 8.64. The quantitative estimate of drug-likeness (QED) is 0.869. The van der Waals surface area contributed by atoms with Crippen molar-refractivity contribution in [1.29, 1.82) is 0 Å². The highest BCUT2D eigenvalue weighted by Gasteiger charge is 2.14. The van der Waals surface area contributed by atoms with Gasteiger partial charge in [0.15, 0.2) is 5.82 Å². The Kier molecular flexibility index (Phi) is 5.60. The predicted molar refractivity (Wildman–Crippen MR) is 94.7 cm³/mol. The Morgan fingerprint density at radius 3 is 2.54 bits per heavy atom. The molecule has 1 N–H and O–H groups in total. The van der Waals surface area contributed by atoms with Crippen molar-refractivity contribution in [3.63, 3.8) is 0 Å². The van der Waals surface area contributed by atoms with Crippen LogP contribution in [0.5, 0.6) is 0 Å². The van der Waals surface area contributed by atoms with Crippen LogP contribution in [0.2, 0.25) is 0 Å². The molecule has 3 rings (SSSR count). The molecule has 1 aromatic carbocycles. The van der Waals surface area contributed by atoms with Gasteiger partial charge in [-0.25, -0.2) is 0 Å². The maximum Gasteiger partial charge on any atom is 0.257 e. The van der Waals surface area contributed by atoms with Gasteiger partial charge < -0.3 is 14.7 Å². The van der Waals surface area contributed by atoms with Crippen LogP contribution >= 0.6 is 0 Å². The molecule has 0 amide bonds. The van der Waals surface area contributed by atoms with Crippen molar-refractivity contribution in [2.45, 2.75) is 25.9 Å². The number of likely N-dealkylation sites (N-methyl/N-ethyl adjacent to an activating group) is 2. The molecule has 0 radical (unpaired) electrons. The lowest BCUT2D eigenvalue weighted by molar-refractivity contribution is 0.148. The maximum absolute atomic E-state index is 5.39. The average molecular weight is 329 g/mol. The fourth-order valence-corrected chi connectivity index (χ4v) is 2.85. The Bertz CT molecular complexity index is 631. The van der Waals surface area contributed by atoms with E-state index in [1.807, 2.05) is 7.05 Å². The van der Waals surface area contributed by atoms with Crippen molar-refractivity contribution in [2.24, 2.45) is 0 Å². The van der Waals surface area contributed by atoms with Crippen LogP contribution in [0.15, 0.2) is 28.8 Å². The lowest BCUT2D eigenvalue weighted by Crippen LogP contribution is -2.43. The number of benzene rings is 1. The molecule has 1 atom stereocenters. The van der Waals surface area contributed by atoms with Crippen LogP contribution in [0.3, 0.4) is 0 Å². The molecule has 0 bridgehead atoms. The topological polar surface area (TPSA) is 57.4 Å². The molecule has 1 saturated heterocycles. The largest absolute Gasteiger partial charge is 0.334 e. The minimum absolute atomic E-state index is 0.335. The molecule has 6 nitrogen and oxygen atoms in total. The van der Waals surface area contributed by atoms with Crippen molar-refractivity contribution >= 4 is 0 Å². The lowest BCUT2D eigenvalue weighted by Gasteiger charge is -2.32. The van der Waals surface area contributed by atoms with E-state index in [9.17, 15) is 0 Å². The fraction of sp³-hybridized carbons (Fsp3) is 0.556. The third-order valence-corrected chi connectivity index (χ3v) is 4.65. The Morgan fingerprint density at radius 2 is 1.88 bits per heavy atom. The number of hydrogen-bond acceptors (Lipinski definition) is 6. The summed E-state index contributed by atoms with van der Waals surface area (Å²) in [4.78, 5) is 9.36. The number of rotatable bonds is 6. The lowest BCUT2D eigenvalue weighted by atomic mass is 10.1. The van der Waals surface area contributed by atoms with Gasteiger partial charge in [0.2, 0.25) is 0 Å². The van der Waals surface area contributed by atoms with Gasteiger partial charge in [0.25, 0.3) is 5.89 Å². The molecule has 1 aliphatic heterocycles. The van der Waals surface area contributed by atoms with E-state index in [4.69, 9.17) is 4.52 Å². The van der Waals surface area contributed by atoms with Gasteiger partial charge in [-0.05, 0) is 38.7 Å². The highest BCUT2D eigenvalue weighted by molar-refractivity contribution is 5.53. The van der Waals surface area contributed by atoms with Crippen molar-refractivity contribution in [2.75, 3.05) is 40.3 Å². The summed E-state index contributed by atoms with van der Waals surface area (Å²) < 4.78 is 5.39. The molecule has 0 spiro atoms. The van der Waals surface area contributed by atoms with E-state index in [0.717, 1.165) is 50.5 Å². The first kappa shape index (κ1) is 17.1. The molecule has 24 heavy (non-hydrogen) atoms. The van der Waals surface area contributed by atoms with Crippen molar-refractivity contribution in [1.82, 2.24) is 25.3 Å². The molecule has 1 fully saturated rings. The summed E-state index contributed by atoms with van der Waals surface area (Å²) in [6.07, 6.45) is 0.765. The SMILES string of the molecule is CNC(C)Cc1noc(-c2ccc(CN3CCN(C)CC3)cc2)n1. The van der Waals surface area contributed by atoms with Gasteiger partial charge >= 0.3 is 0 Å². The van der Waals surface area contributed by atoms with Gasteiger partial charge in [-0.15, -0.1) is 0 Å². The Morgan fingerprint density at radius 1 is 1.17 bits per heavy atom. The molecule has 1 aliphatic rings. The molecule has 1 aromatic heterocycles. The smallest absolute Gasteiger partial charge is 0.257 e. The second-order valence-electron chi connectivity index (χ2n) is 6.69. The maximum atomic E-state index is 5.39. The van der Waals surface area contributed by atoms with E-state index in [0.29, 0.717) is 11.9 Å². The Hall–Kier alpha value is -1.76. The number of nitrogens with zero attached hydrogens (tertiary/aromatic N) is 4. The van der Waals surface area contributed by atoms with Crippen LogP contribution < -0.4 is 5.32 Å². The third kappa shape index (κ3) is 4.41. The molecular formula is C18H27N5O. The van der Waals surface area contributed by atoms with E-state index in [2.05, 4.69) is 63.5 Å². The molecule has 130 valence electrons. The number of aromatic nitrogens is 2. The standard InChI is InChI=1S/C18H27N5O/c1-14(19-2)12-17-20-18(24-21-17)16-6-4-15(5-7-16)13-23-10-8-22(3)9-11-23/h4-7,14,19H,8-13H2,1-3H3. The van der Waals surface area contributed by atoms with E-state index in [1.165, 1.54) is 5.56 Å². The van der Waals surface area contributed by atoms with Gasteiger partial charge in [0.05, 0.1) is 0 Å². The van der Waals surface area contributed by atoms with Crippen molar-refractivity contribution in [3.8, 4) is 11.5 Å². The summed E-state index contributed by atoms with van der Waals surface area (Å²) in [5.74, 6) is 1.34. The summed E-state index contributed by atoms with van der Waals surface area (Å²) >= 11 is 0. The zero-order valence-electron chi connectivity index (χ0n) is 14.8. The van der Waals surface area contributed by atoms with E-state index in [-0.39, 0.29) is 0 Å². The van der Waals surface area contributed by atoms with Crippen LogP contribution in [0.1, 0.15) is 18.3 Å². The van der Waals surface area contributed by atoms with Gasteiger partial charge in [-0.3, -0.25) is 4.90 Å². The zero-order chi connectivity index (χ0) is 16.9.